The first-order valence-electron chi connectivity index (χ1n) is 6.34. The molecule has 1 amide bonds. The van der Waals surface area contributed by atoms with Gasteiger partial charge in [-0.05, 0) is 36.8 Å². The van der Waals surface area contributed by atoms with Gasteiger partial charge in [-0.25, -0.2) is 4.39 Å². The number of benzene rings is 2. The summed E-state index contributed by atoms with van der Waals surface area (Å²) >= 11 is 0. The molecule has 110 valence electrons. The topological polar surface area (TPSA) is 47.6 Å². The highest BCUT2D eigenvalue weighted by Gasteiger charge is 2.13. The van der Waals surface area contributed by atoms with E-state index < -0.39 is 11.7 Å². The molecular formula is C16H16FNO3. The van der Waals surface area contributed by atoms with Crippen LogP contribution in [0.15, 0.2) is 36.4 Å². The molecule has 0 bridgehead atoms. The third kappa shape index (κ3) is 3.31. The molecule has 0 unspecified atom stereocenters. The Morgan fingerprint density at radius 2 is 1.76 bits per heavy atom. The Bertz CT molecular complexity index is 671. The molecule has 2 aromatic rings. The summed E-state index contributed by atoms with van der Waals surface area (Å²) in [5.41, 5.74) is 1.25. The van der Waals surface area contributed by atoms with Gasteiger partial charge in [0.2, 0.25) is 0 Å². The molecule has 0 saturated heterocycles. The molecule has 0 aromatic heterocycles. The van der Waals surface area contributed by atoms with E-state index in [1.54, 1.807) is 31.2 Å². The second-order valence-corrected chi connectivity index (χ2v) is 4.51. The summed E-state index contributed by atoms with van der Waals surface area (Å²) in [4.78, 5) is 12.1. The highest BCUT2D eigenvalue weighted by atomic mass is 19.1. The van der Waals surface area contributed by atoms with E-state index in [1.807, 2.05) is 0 Å². The van der Waals surface area contributed by atoms with Crippen molar-refractivity contribution < 1.29 is 18.7 Å². The van der Waals surface area contributed by atoms with E-state index in [2.05, 4.69) is 5.32 Å². The molecule has 21 heavy (non-hydrogen) atoms. The number of ether oxygens (including phenoxy) is 2. The number of carbonyl (C=O) groups is 1. The maximum atomic E-state index is 13.8. The van der Waals surface area contributed by atoms with Crippen molar-refractivity contribution in [2.75, 3.05) is 19.5 Å². The number of amides is 1. The van der Waals surface area contributed by atoms with Crippen molar-refractivity contribution in [1.29, 1.82) is 0 Å². The average Bonchev–Trinajstić information content (AvgIpc) is 2.46. The van der Waals surface area contributed by atoms with E-state index in [0.717, 1.165) is 5.56 Å². The van der Waals surface area contributed by atoms with Gasteiger partial charge < -0.3 is 14.8 Å². The van der Waals surface area contributed by atoms with Crippen molar-refractivity contribution in [2.24, 2.45) is 0 Å². The second kappa shape index (κ2) is 6.26. The SMILES string of the molecule is COc1ccc(NC(=O)c2ccc(C)cc2F)cc1OC. The van der Waals surface area contributed by atoms with Gasteiger partial charge in [0.15, 0.2) is 11.5 Å². The molecule has 2 rings (SSSR count). The zero-order valence-electron chi connectivity index (χ0n) is 12.1. The molecule has 2 aromatic carbocycles. The molecule has 0 fully saturated rings. The number of anilines is 1. The fourth-order valence-electron chi connectivity index (χ4n) is 1.92. The monoisotopic (exact) mass is 289 g/mol. The van der Waals surface area contributed by atoms with Crippen molar-refractivity contribution in [1.82, 2.24) is 0 Å². The fourth-order valence-corrected chi connectivity index (χ4v) is 1.92. The fraction of sp³-hybridized carbons (Fsp3) is 0.188. The molecule has 4 nitrogen and oxygen atoms in total. The summed E-state index contributed by atoms with van der Waals surface area (Å²) in [5.74, 6) is -0.0237. The van der Waals surface area contributed by atoms with E-state index in [9.17, 15) is 9.18 Å². The quantitative estimate of drug-likeness (QED) is 0.938. The van der Waals surface area contributed by atoms with Gasteiger partial charge in [-0.15, -0.1) is 0 Å². The van der Waals surface area contributed by atoms with Gasteiger partial charge in [0, 0.05) is 11.8 Å². The summed E-state index contributed by atoms with van der Waals surface area (Å²) in [6.07, 6.45) is 0. The Morgan fingerprint density at radius 1 is 1.05 bits per heavy atom. The Kier molecular flexibility index (Phi) is 4.42. The number of methoxy groups -OCH3 is 2. The van der Waals surface area contributed by atoms with Crippen LogP contribution in [0.1, 0.15) is 15.9 Å². The average molecular weight is 289 g/mol. The Hall–Kier alpha value is -2.56. The van der Waals surface area contributed by atoms with Gasteiger partial charge in [-0.3, -0.25) is 4.79 Å². The molecule has 5 heteroatoms. The van der Waals surface area contributed by atoms with Crippen LogP contribution in [0.4, 0.5) is 10.1 Å². The molecule has 0 spiro atoms. The normalized spacial score (nSPS) is 10.1. The predicted molar refractivity (Wildman–Crippen MR) is 78.6 cm³/mol. The van der Waals surface area contributed by atoms with Crippen LogP contribution < -0.4 is 14.8 Å². The maximum absolute atomic E-state index is 13.8. The van der Waals surface area contributed by atoms with Crippen molar-refractivity contribution in [3.05, 3.63) is 53.3 Å². The number of nitrogens with one attached hydrogen (secondary N) is 1. The third-order valence-electron chi connectivity index (χ3n) is 3.01. The molecule has 0 radical (unpaired) electrons. The first-order chi connectivity index (χ1) is 10.0. The predicted octanol–water partition coefficient (Wildman–Crippen LogP) is 3.40. The summed E-state index contributed by atoms with van der Waals surface area (Å²) in [6, 6.07) is 9.41. The van der Waals surface area contributed by atoms with Gasteiger partial charge in [0.05, 0.1) is 19.8 Å². The lowest BCUT2D eigenvalue weighted by Crippen LogP contribution is -2.14. The Labute approximate surface area is 122 Å². The smallest absolute Gasteiger partial charge is 0.258 e. The highest BCUT2D eigenvalue weighted by Crippen LogP contribution is 2.30. The first-order valence-corrected chi connectivity index (χ1v) is 6.34. The minimum Gasteiger partial charge on any atom is -0.493 e. The summed E-state index contributed by atoms with van der Waals surface area (Å²) in [7, 11) is 3.03. The van der Waals surface area contributed by atoms with Gasteiger partial charge in [0.1, 0.15) is 5.82 Å². The van der Waals surface area contributed by atoms with Crippen molar-refractivity contribution in [2.45, 2.75) is 6.92 Å². The zero-order chi connectivity index (χ0) is 15.4. The minimum atomic E-state index is -0.548. The van der Waals surface area contributed by atoms with Crippen LogP contribution in [0, 0.1) is 12.7 Å². The van der Waals surface area contributed by atoms with E-state index in [-0.39, 0.29) is 5.56 Å². The van der Waals surface area contributed by atoms with Crippen LogP contribution >= 0.6 is 0 Å². The molecule has 0 aliphatic heterocycles. The number of halogens is 1. The lowest BCUT2D eigenvalue weighted by atomic mass is 10.1. The largest absolute Gasteiger partial charge is 0.493 e. The van der Waals surface area contributed by atoms with Crippen molar-refractivity contribution >= 4 is 11.6 Å². The highest BCUT2D eigenvalue weighted by molar-refractivity contribution is 6.04. The molecule has 0 atom stereocenters. The van der Waals surface area contributed by atoms with E-state index >= 15 is 0 Å². The number of aryl methyl sites for hydroxylation is 1. The third-order valence-corrected chi connectivity index (χ3v) is 3.01. The van der Waals surface area contributed by atoms with Crippen molar-refractivity contribution in [3.63, 3.8) is 0 Å². The van der Waals surface area contributed by atoms with Crippen LogP contribution in [0.25, 0.3) is 0 Å². The van der Waals surface area contributed by atoms with Crippen molar-refractivity contribution in [3.8, 4) is 11.5 Å². The van der Waals surface area contributed by atoms with Gasteiger partial charge >= 0.3 is 0 Å². The zero-order valence-corrected chi connectivity index (χ0v) is 12.1. The molecule has 0 aliphatic carbocycles. The molecule has 0 saturated carbocycles. The van der Waals surface area contributed by atoms with Gasteiger partial charge in [-0.1, -0.05) is 6.07 Å². The van der Waals surface area contributed by atoms with Crippen LogP contribution in [0.3, 0.4) is 0 Å². The number of hydrogen-bond donors (Lipinski definition) is 1. The summed E-state index contributed by atoms with van der Waals surface area (Å²) in [6.45, 7) is 1.76. The first kappa shape index (κ1) is 14.8. The standard InChI is InChI=1S/C16H16FNO3/c1-10-4-6-12(13(17)8-10)16(19)18-11-5-7-14(20-2)15(9-11)21-3/h4-9H,1-3H3,(H,18,19). The van der Waals surface area contributed by atoms with Crippen LogP contribution in [-0.2, 0) is 0 Å². The van der Waals surface area contributed by atoms with E-state index in [4.69, 9.17) is 9.47 Å². The van der Waals surface area contributed by atoms with E-state index in [1.165, 1.54) is 26.4 Å². The van der Waals surface area contributed by atoms with Gasteiger partial charge in [-0.2, -0.15) is 0 Å². The Balaban J connectivity index is 2.23. The molecule has 0 aliphatic rings. The number of rotatable bonds is 4. The van der Waals surface area contributed by atoms with Crippen LogP contribution in [-0.4, -0.2) is 20.1 Å². The minimum absolute atomic E-state index is 0.00427. The molecular weight excluding hydrogens is 273 g/mol. The van der Waals surface area contributed by atoms with Gasteiger partial charge in [0.25, 0.3) is 5.91 Å². The Morgan fingerprint density at radius 3 is 2.38 bits per heavy atom. The van der Waals surface area contributed by atoms with Crippen LogP contribution in [0.5, 0.6) is 11.5 Å². The molecule has 1 N–H and O–H groups in total. The second-order valence-electron chi connectivity index (χ2n) is 4.51. The number of hydrogen-bond acceptors (Lipinski definition) is 3. The summed E-state index contributed by atoms with van der Waals surface area (Å²) < 4.78 is 24.0. The summed E-state index contributed by atoms with van der Waals surface area (Å²) in [5, 5.41) is 2.63. The number of carbonyl (C=O) groups excluding carboxylic acids is 1. The maximum Gasteiger partial charge on any atom is 0.258 e. The lowest BCUT2D eigenvalue weighted by Gasteiger charge is -2.11. The lowest BCUT2D eigenvalue weighted by molar-refractivity contribution is 0.102. The molecule has 0 heterocycles. The van der Waals surface area contributed by atoms with Crippen LogP contribution in [0.2, 0.25) is 0 Å². The van der Waals surface area contributed by atoms with E-state index in [0.29, 0.717) is 17.2 Å².